The Kier molecular flexibility index (Phi) is 4.68. The zero-order valence-corrected chi connectivity index (χ0v) is 12.7. The molecule has 106 valence electrons. The minimum Gasteiger partial charge on any atom is -0.311 e. The van der Waals surface area contributed by atoms with Crippen molar-refractivity contribution in [2.24, 2.45) is 11.3 Å². The Labute approximate surface area is 113 Å². The molecule has 2 saturated heterocycles. The molecule has 0 radical (unpaired) electrons. The highest BCUT2D eigenvalue weighted by atomic mass is 15.2. The number of hydrogen-bond donors (Lipinski definition) is 1. The van der Waals surface area contributed by atoms with E-state index in [4.69, 9.17) is 0 Å². The van der Waals surface area contributed by atoms with Crippen molar-refractivity contribution in [1.82, 2.24) is 15.1 Å². The standard InChI is InChI=1S/C15H31N3/c1-5-17-8-6-13(10-17)11-18-9-7-16-14(12-18)15(2,3)4/h13-14,16H,5-12H2,1-4H3. The minimum atomic E-state index is 0.379. The summed E-state index contributed by atoms with van der Waals surface area (Å²) in [5.74, 6) is 0.906. The lowest BCUT2D eigenvalue weighted by Crippen LogP contribution is -2.56. The normalized spacial score (nSPS) is 32.0. The van der Waals surface area contributed by atoms with Crippen molar-refractivity contribution in [1.29, 1.82) is 0 Å². The molecule has 0 aromatic heterocycles. The lowest BCUT2D eigenvalue weighted by molar-refractivity contribution is 0.120. The third kappa shape index (κ3) is 3.69. The van der Waals surface area contributed by atoms with E-state index in [2.05, 4.69) is 42.8 Å². The predicted octanol–water partition coefficient (Wildman–Crippen LogP) is 1.65. The molecule has 2 aliphatic rings. The van der Waals surface area contributed by atoms with Crippen molar-refractivity contribution in [3.05, 3.63) is 0 Å². The lowest BCUT2D eigenvalue weighted by Gasteiger charge is -2.41. The molecule has 3 heteroatoms. The van der Waals surface area contributed by atoms with E-state index in [0.29, 0.717) is 11.5 Å². The molecule has 0 aliphatic carbocycles. The van der Waals surface area contributed by atoms with E-state index < -0.39 is 0 Å². The smallest absolute Gasteiger partial charge is 0.0244 e. The molecule has 18 heavy (non-hydrogen) atoms. The van der Waals surface area contributed by atoms with Crippen LogP contribution in [0.4, 0.5) is 0 Å². The summed E-state index contributed by atoms with van der Waals surface area (Å²) in [5.41, 5.74) is 0.379. The number of nitrogens with zero attached hydrogens (tertiary/aromatic N) is 2. The predicted molar refractivity (Wildman–Crippen MR) is 77.9 cm³/mol. The van der Waals surface area contributed by atoms with E-state index in [0.717, 1.165) is 12.5 Å². The van der Waals surface area contributed by atoms with Crippen LogP contribution in [0.1, 0.15) is 34.1 Å². The molecule has 0 spiro atoms. The molecule has 2 fully saturated rings. The van der Waals surface area contributed by atoms with Crippen molar-refractivity contribution < 1.29 is 0 Å². The highest BCUT2D eigenvalue weighted by Gasteiger charge is 2.31. The molecule has 1 N–H and O–H groups in total. The van der Waals surface area contributed by atoms with E-state index in [-0.39, 0.29) is 0 Å². The number of piperazine rings is 1. The van der Waals surface area contributed by atoms with Crippen LogP contribution in [0.25, 0.3) is 0 Å². The molecule has 3 nitrogen and oxygen atoms in total. The second-order valence-electron chi connectivity index (χ2n) is 7.18. The van der Waals surface area contributed by atoms with Crippen LogP contribution in [0, 0.1) is 11.3 Å². The topological polar surface area (TPSA) is 18.5 Å². The monoisotopic (exact) mass is 253 g/mol. The Morgan fingerprint density at radius 1 is 1.11 bits per heavy atom. The van der Waals surface area contributed by atoms with Crippen LogP contribution in [0.2, 0.25) is 0 Å². The van der Waals surface area contributed by atoms with Gasteiger partial charge in [0.1, 0.15) is 0 Å². The zero-order chi connectivity index (χ0) is 13.2. The maximum absolute atomic E-state index is 3.68. The van der Waals surface area contributed by atoms with E-state index >= 15 is 0 Å². The Bertz CT molecular complexity index is 259. The summed E-state index contributed by atoms with van der Waals surface area (Å²) in [4.78, 5) is 5.28. The average Bonchev–Trinajstić information content (AvgIpc) is 2.76. The van der Waals surface area contributed by atoms with E-state index in [1.54, 1.807) is 0 Å². The SMILES string of the molecule is CCN1CCC(CN2CCNC(C(C)(C)C)C2)C1. The molecule has 2 aliphatic heterocycles. The molecule has 0 saturated carbocycles. The van der Waals surface area contributed by atoms with Crippen molar-refractivity contribution in [2.45, 2.75) is 40.2 Å². The van der Waals surface area contributed by atoms with Crippen LogP contribution in [0.5, 0.6) is 0 Å². The van der Waals surface area contributed by atoms with E-state index in [1.165, 1.54) is 45.7 Å². The van der Waals surface area contributed by atoms with Crippen LogP contribution >= 0.6 is 0 Å². The summed E-state index contributed by atoms with van der Waals surface area (Å²) in [6.45, 7) is 18.1. The number of likely N-dealkylation sites (tertiary alicyclic amines) is 1. The molecule has 0 amide bonds. The average molecular weight is 253 g/mol. The fourth-order valence-electron chi connectivity index (χ4n) is 3.27. The van der Waals surface area contributed by atoms with Gasteiger partial charge in [0.15, 0.2) is 0 Å². The van der Waals surface area contributed by atoms with E-state index in [1.807, 2.05) is 0 Å². The summed E-state index contributed by atoms with van der Waals surface area (Å²) in [6, 6.07) is 0.648. The molecule has 0 aromatic carbocycles. The molecule has 2 unspecified atom stereocenters. The minimum absolute atomic E-state index is 0.379. The third-order valence-corrected chi connectivity index (χ3v) is 4.64. The van der Waals surface area contributed by atoms with Crippen LogP contribution in [-0.2, 0) is 0 Å². The van der Waals surface area contributed by atoms with Gasteiger partial charge in [-0.2, -0.15) is 0 Å². The van der Waals surface area contributed by atoms with Gasteiger partial charge in [0, 0.05) is 38.8 Å². The van der Waals surface area contributed by atoms with Gasteiger partial charge in [-0.1, -0.05) is 27.7 Å². The fourth-order valence-corrected chi connectivity index (χ4v) is 3.27. The van der Waals surface area contributed by atoms with Crippen molar-refractivity contribution >= 4 is 0 Å². The lowest BCUT2D eigenvalue weighted by atomic mass is 9.85. The second kappa shape index (κ2) is 5.89. The van der Waals surface area contributed by atoms with Gasteiger partial charge in [-0.15, -0.1) is 0 Å². The second-order valence-corrected chi connectivity index (χ2v) is 7.18. The molecule has 2 rings (SSSR count). The number of nitrogens with one attached hydrogen (secondary N) is 1. The molecule has 2 atom stereocenters. The Morgan fingerprint density at radius 2 is 1.89 bits per heavy atom. The maximum atomic E-state index is 3.68. The highest BCUT2D eigenvalue weighted by Crippen LogP contribution is 2.23. The van der Waals surface area contributed by atoms with Gasteiger partial charge in [-0.25, -0.2) is 0 Å². The fraction of sp³-hybridized carbons (Fsp3) is 1.00. The van der Waals surface area contributed by atoms with Crippen LogP contribution in [0.3, 0.4) is 0 Å². The first kappa shape index (κ1) is 14.3. The zero-order valence-electron chi connectivity index (χ0n) is 12.7. The molecular weight excluding hydrogens is 222 g/mol. The van der Waals surface area contributed by atoms with Crippen LogP contribution < -0.4 is 5.32 Å². The van der Waals surface area contributed by atoms with Gasteiger partial charge in [0.25, 0.3) is 0 Å². The summed E-state index contributed by atoms with van der Waals surface area (Å²) in [7, 11) is 0. The molecule has 2 heterocycles. The summed E-state index contributed by atoms with van der Waals surface area (Å²) in [6.07, 6.45) is 1.40. The highest BCUT2D eigenvalue weighted by molar-refractivity contribution is 4.88. The summed E-state index contributed by atoms with van der Waals surface area (Å²) < 4.78 is 0. The van der Waals surface area contributed by atoms with Gasteiger partial charge < -0.3 is 15.1 Å². The van der Waals surface area contributed by atoms with E-state index in [9.17, 15) is 0 Å². The first-order valence-electron chi connectivity index (χ1n) is 7.67. The Morgan fingerprint density at radius 3 is 2.50 bits per heavy atom. The first-order chi connectivity index (χ1) is 8.49. The van der Waals surface area contributed by atoms with Crippen molar-refractivity contribution in [3.8, 4) is 0 Å². The van der Waals surface area contributed by atoms with Gasteiger partial charge in [-0.05, 0) is 30.8 Å². The van der Waals surface area contributed by atoms with Crippen molar-refractivity contribution in [3.63, 3.8) is 0 Å². The maximum Gasteiger partial charge on any atom is 0.0244 e. The van der Waals surface area contributed by atoms with Crippen LogP contribution in [-0.4, -0.2) is 61.7 Å². The molecule has 0 bridgehead atoms. The quantitative estimate of drug-likeness (QED) is 0.825. The number of rotatable bonds is 3. The Balaban J connectivity index is 1.80. The summed E-state index contributed by atoms with van der Waals surface area (Å²) in [5, 5.41) is 3.68. The van der Waals surface area contributed by atoms with Gasteiger partial charge in [0.2, 0.25) is 0 Å². The first-order valence-corrected chi connectivity index (χ1v) is 7.67. The number of hydrogen-bond acceptors (Lipinski definition) is 3. The third-order valence-electron chi connectivity index (χ3n) is 4.64. The summed E-state index contributed by atoms with van der Waals surface area (Å²) >= 11 is 0. The van der Waals surface area contributed by atoms with Crippen molar-refractivity contribution in [2.75, 3.05) is 45.8 Å². The van der Waals surface area contributed by atoms with Gasteiger partial charge in [-0.3, -0.25) is 0 Å². The largest absolute Gasteiger partial charge is 0.311 e. The molecular formula is C15H31N3. The van der Waals surface area contributed by atoms with Gasteiger partial charge in [0.05, 0.1) is 0 Å². The molecule has 0 aromatic rings. The van der Waals surface area contributed by atoms with Crippen LogP contribution in [0.15, 0.2) is 0 Å². The van der Waals surface area contributed by atoms with Gasteiger partial charge >= 0.3 is 0 Å². The Hall–Kier alpha value is -0.120.